The maximum atomic E-state index is 10.1. The van der Waals surface area contributed by atoms with Crippen molar-refractivity contribution in [2.75, 3.05) is 5.32 Å². The molecule has 2 atom stereocenters. The Kier molecular flexibility index (Phi) is 4.82. The zero-order valence-electron chi connectivity index (χ0n) is 14.1. The Bertz CT molecular complexity index is 886. The number of hydrogen-bond acceptors (Lipinski definition) is 5. The van der Waals surface area contributed by atoms with Gasteiger partial charge in [-0.15, -0.1) is 0 Å². The van der Waals surface area contributed by atoms with Gasteiger partial charge < -0.3 is 10.4 Å². The molecule has 26 heavy (non-hydrogen) atoms. The number of nitrogens with zero attached hydrogens (tertiary/aromatic N) is 3. The van der Waals surface area contributed by atoms with E-state index >= 15 is 0 Å². The summed E-state index contributed by atoms with van der Waals surface area (Å²) in [5.74, 6) is 1.30. The van der Waals surface area contributed by atoms with Crippen molar-refractivity contribution >= 4 is 17.4 Å². The first kappa shape index (κ1) is 16.9. The molecule has 1 aliphatic rings. The van der Waals surface area contributed by atoms with Gasteiger partial charge in [-0.3, -0.25) is 4.98 Å². The van der Waals surface area contributed by atoms with Crippen LogP contribution < -0.4 is 5.32 Å². The molecule has 1 fully saturated rings. The predicted molar refractivity (Wildman–Crippen MR) is 103 cm³/mol. The van der Waals surface area contributed by atoms with E-state index in [4.69, 9.17) is 16.6 Å². The van der Waals surface area contributed by atoms with E-state index in [-0.39, 0.29) is 12.1 Å². The summed E-state index contributed by atoms with van der Waals surface area (Å²) in [6, 6.07) is 13.3. The van der Waals surface area contributed by atoms with Crippen molar-refractivity contribution < 1.29 is 5.11 Å². The summed E-state index contributed by atoms with van der Waals surface area (Å²) in [6.07, 6.45) is 5.90. The van der Waals surface area contributed by atoms with Crippen LogP contribution in [0.25, 0.3) is 22.6 Å². The molecule has 5 nitrogen and oxygen atoms in total. The smallest absolute Gasteiger partial charge is 0.163 e. The molecule has 3 aromatic rings. The van der Waals surface area contributed by atoms with Crippen molar-refractivity contribution in [2.24, 2.45) is 0 Å². The number of aromatic nitrogens is 3. The Morgan fingerprint density at radius 2 is 1.88 bits per heavy atom. The van der Waals surface area contributed by atoms with Crippen molar-refractivity contribution in [3.63, 3.8) is 0 Å². The van der Waals surface area contributed by atoms with Crippen LogP contribution in [-0.4, -0.2) is 32.2 Å². The fourth-order valence-corrected chi connectivity index (χ4v) is 3.34. The second-order valence-corrected chi connectivity index (χ2v) is 6.90. The number of hydrogen-bond donors (Lipinski definition) is 2. The van der Waals surface area contributed by atoms with Crippen molar-refractivity contribution in [2.45, 2.75) is 31.4 Å². The normalized spacial score (nSPS) is 19.5. The second-order valence-electron chi connectivity index (χ2n) is 6.46. The van der Waals surface area contributed by atoms with Gasteiger partial charge in [0.05, 0.1) is 17.8 Å². The van der Waals surface area contributed by atoms with Crippen LogP contribution in [0.5, 0.6) is 0 Å². The van der Waals surface area contributed by atoms with Gasteiger partial charge in [-0.2, -0.15) is 0 Å². The van der Waals surface area contributed by atoms with E-state index in [0.29, 0.717) is 16.7 Å². The molecule has 0 saturated heterocycles. The summed E-state index contributed by atoms with van der Waals surface area (Å²) in [4.78, 5) is 13.5. The molecular weight excluding hydrogens is 348 g/mol. The molecule has 0 amide bonds. The lowest BCUT2D eigenvalue weighted by molar-refractivity contribution is 0.171. The molecule has 0 radical (unpaired) electrons. The predicted octanol–water partition coefficient (Wildman–Crippen LogP) is 4.18. The quantitative estimate of drug-likeness (QED) is 0.724. The van der Waals surface area contributed by atoms with Crippen LogP contribution >= 0.6 is 11.6 Å². The minimum Gasteiger partial charge on any atom is -0.391 e. The van der Waals surface area contributed by atoms with Crippen molar-refractivity contribution in [3.8, 4) is 22.6 Å². The highest BCUT2D eigenvalue weighted by Gasteiger charge is 2.25. The summed E-state index contributed by atoms with van der Waals surface area (Å²) in [6.45, 7) is 0. The third-order valence-corrected chi connectivity index (χ3v) is 4.85. The third kappa shape index (κ3) is 3.69. The summed E-state index contributed by atoms with van der Waals surface area (Å²) in [7, 11) is 0. The molecule has 2 aromatic heterocycles. The zero-order valence-corrected chi connectivity index (χ0v) is 14.9. The molecule has 0 unspecified atom stereocenters. The SMILES string of the molecule is O[C@H]1CCC[C@H]1Nc1cc(-c2ccc(Cl)cc2)nc(-c2cccnc2)n1. The summed E-state index contributed by atoms with van der Waals surface area (Å²) < 4.78 is 0. The van der Waals surface area contributed by atoms with E-state index in [1.165, 1.54) is 0 Å². The van der Waals surface area contributed by atoms with E-state index in [9.17, 15) is 5.11 Å². The van der Waals surface area contributed by atoms with E-state index in [2.05, 4.69) is 15.3 Å². The highest BCUT2D eigenvalue weighted by molar-refractivity contribution is 6.30. The van der Waals surface area contributed by atoms with Crippen molar-refractivity contribution in [1.29, 1.82) is 0 Å². The topological polar surface area (TPSA) is 70.9 Å². The minimum atomic E-state index is -0.342. The highest BCUT2D eigenvalue weighted by Crippen LogP contribution is 2.28. The fourth-order valence-electron chi connectivity index (χ4n) is 3.21. The Hall–Kier alpha value is -2.50. The first-order valence-electron chi connectivity index (χ1n) is 8.69. The van der Waals surface area contributed by atoms with Crippen LogP contribution in [0.4, 0.5) is 5.82 Å². The lowest BCUT2D eigenvalue weighted by Gasteiger charge is -2.18. The van der Waals surface area contributed by atoms with Crippen LogP contribution in [0, 0.1) is 0 Å². The maximum Gasteiger partial charge on any atom is 0.163 e. The average molecular weight is 367 g/mol. The summed E-state index contributed by atoms with van der Waals surface area (Å²) >= 11 is 6.01. The van der Waals surface area contributed by atoms with E-state index in [1.54, 1.807) is 12.4 Å². The van der Waals surface area contributed by atoms with Gasteiger partial charge in [0.25, 0.3) is 0 Å². The van der Waals surface area contributed by atoms with E-state index in [0.717, 1.165) is 36.1 Å². The molecule has 2 heterocycles. The molecular formula is C20H19ClN4O. The second kappa shape index (κ2) is 7.40. The Morgan fingerprint density at radius 1 is 1.04 bits per heavy atom. The Labute approximate surface area is 157 Å². The van der Waals surface area contributed by atoms with E-state index < -0.39 is 0 Å². The van der Waals surface area contributed by atoms with Gasteiger partial charge in [-0.05, 0) is 43.5 Å². The molecule has 0 bridgehead atoms. The zero-order chi connectivity index (χ0) is 17.9. The van der Waals surface area contributed by atoms with Gasteiger partial charge in [0.15, 0.2) is 5.82 Å². The fraction of sp³-hybridized carbons (Fsp3) is 0.250. The van der Waals surface area contributed by atoms with E-state index in [1.807, 2.05) is 42.5 Å². The number of benzene rings is 1. The van der Waals surface area contributed by atoms with Crippen LogP contribution in [0.1, 0.15) is 19.3 Å². The maximum absolute atomic E-state index is 10.1. The third-order valence-electron chi connectivity index (χ3n) is 4.60. The minimum absolute atomic E-state index is 0.0183. The Morgan fingerprint density at radius 3 is 2.58 bits per heavy atom. The van der Waals surface area contributed by atoms with Crippen LogP contribution in [0.3, 0.4) is 0 Å². The highest BCUT2D eigenvalue weighted by atomic mass is 35.5. The molecule has 1 aliphatic carbocycles. The van der Waals surface area contributed by atoms with Gasteiger partial charge in [-0.25, -0.2) is 9.97 Å². The van der Waals surface area contributed by atoms with Crippen molar-refractivity contribution in [1.82, 2.24) is 15.0 Å². The molecule has 4 rings (SSSR count). The molecule has 2 N–H and O–H groups in total. The first-order chi connectivity index (χ1) is 12.7. The number of halogens is 1. The summed E-state index contributed by atoms with van der Waals surface area (Å²) in [5.41, 5.74) is 2.60. The van der Waals surface area contributed by atoms with Crippen molar-refractivity contribution in [3.05, 3.63) is 59.9 Å². The molecule has 132 valence electrons. The van der Waals surface area contributed by atoms with Gasteiger partial charge in [0, 0.05) is 34.6 Å². The van der Waals surface area contributed by atoms with Gasteiger partial charge >= 0.3 is 0 Å². The molecule has 1 saturated carbocycles. The molecule has 6 heteroatoms. The summed E-state index contributed by atoms with van der Waals surface area (Å²) in [5, 5.41) is 14.2. The number of anilines is 1. The van der Waals surface area contributed by atoms with Crippen LogP contribution in [0.15, 0.2) is 54.9 Å². The van der Waals surface area contributed by atoms with Crippen LogP contribution in [-0.2, 0) is 0 Å². The number of rotatable bonds is 4. The van der Waals surface area contributed by atoms with Gasteiger partial charge in [0.1, 0.15) is 5.82 Å². The largest absolute Gasteiger partial charge is 0.391 e. The lowest BCUT2D eigenvalue weighted by atomic mass is 10.1. The monoisotopic (exact) mass is 366 g/mol. The molecule has 0 aliphatic heterocycles. The average Bonchev–Trinajstić information content (AvgIpc) is 3.07. The number of aliphatic hydroxyl groups is 1. The standard InChI is InChI=1S/C20H19ClN4O/c21-15-8-6-13(7-9-15)17-11-19(23-16-4-1-5-18(16)26)25-20(24-17)14-3-2-10-22-12-14/h2-3,6-12,16,18,26H,1,4-5H2,(H,23,24,25)/t16-,18+/m1/s1. The van der Waals surface area contributed by atoms with Gasteiger partial charge in [0.2, 0.25) is 0 Å². The van der Waals surface area contributed by atoms with Crippen LogP contribution in [0.2, 0.25) is 5.02 Å². The molecule has 1 aromatic carbocycles. The Balaban J connectivity index is 1.75. The van der Waals surface area contributed by atoms with Gasteiger partial charge in [-0.1, -0.05) is 23.7 Å². The lowest BCUT2D eigenvalue weighted by Crippen LogP contribution is -2.28. The number of pyridine rings is 1. The number of nitrogens with one attached hydrogen (secondary N) is 1. The molecule has 0 spiro atoms. The number of aliphatic hydroxyl groups excluding tert-OH is 1. The first-order valence-corrected chi connectivity index (χ1v) is 9.07.